The van der Waals surface area contributed by atoms with Gasteiger partial charge in [-0.05, 0) is 48.7 Å². The number of hydrogen-bond acceptors (Lipinski definition) is 5. The minimum absolute atomic E-state index is 0.152. The number of fused-ring (bicyclic) bond motifs is 4. The maximum Gasteiger partial charge on any atom is 0.250 e. The molecule has 166 valence electrons. The van der Waals surface area contributed by atoms with Gasteiger partial charge in [0.05, 0.1) is 11.8 Å². The van der Waals surface area contributed by atoms with Gasteiger partial charge in [0.25, 0.3) is 0 Å². The number of rotatable bonds is 5. The molecule has 2 saturated heterocycles. The molecule has 0 radical (unpaired) electrons. The van der Waals surface area contributed by atoms with Crippen LogP contribution in [0.2, 0.25) is 5.02 Å². The van der Waals surface area contributed by atoms with Crippen LogP contribution in [0.25, 0.3) is 0 Å². The van der Waals surface area contributed by atoms with E-state index in [-0.39, 0.29) is 23.5 Å². The van der Waals surface area contributed by atoms with Crippen LogP contribution < -0.4 is 10.6 Å². The lowest BCUT2D eigenvalue weighted by atomic mass is 9.76. The Hall–Kier alpha value is -2.90. The van der Waals surface area contributed by atoms with E-state index < -0.39 is 23.4 Å². The van der Waals surface area contributed by atoms with E-state index in [0.717, 1.165) is 12.0 Å². The second-order valence-corrected chi connectivity index (χ2v) is 9.20. The summed E-state index contributed by atoms with van der Waals surface area (Å²) in [5.41, 5.74) is 0.758. The van der Waals surface area contributed by atoms with E-state index in [1.165, 1.54) is 4.90 Å². The second kappa shape index (κ2) is 7.60. The van der Waals surface area contributed by atoms with Crippen LogP contribution in [-0.2, 0) is 26.3 Å². The van der Waals surface area contributed by atoms with Crippen molar-refractivity contribution in [2.24, 2.45) is 11.8 Å². The van der Waals surface area contributed by atoms with Crippen LogP contribution in [-0.4, -0.2) is 40.3 Å². The summed E-state index contributed by atoms with van der Waals surface area (Å²) in [6.45, 7) is 2.36. The Bertz CT molecular complexity index is 1120. The van der Waals surface area contributed by atoms with Crippen LogP contribution in [0.5, 0.6) is 5.75 Å². The van der Waals surface area contributed by atoms with Gasteiger partial charge in [-0.15, -0.1) is 0 Å². The molecular weight excluding hydrogens is 430 g/mol. The van der Waals surface area contributed by atoms with Gasteiger partial charge in [-0.1, -0.05) is 37.1 Å². The molecular formula is C24H24ClN3O4. The monoisotopic (exact) mass is 453 g/mol. The van der Waals surface area contributed by atoms with Gasteiger partial charge in [-0.25, -0.2) is 0 Å². The van der Waals surface area contributed by atoms with Crippen molar-refractivity contribution < 1.29 is 19.5 Å². The van der Waals surface area contributed by atoms with E-state index in [2.05, 4.69) is 10.6 Å². The maximum atomic E-state index is 13.6. The van der Waals surface area contributed by atoms with Crippen molar-refractivity contribution in [1.82, 2.24) is 10.2 Å². The number of unbranched alkanes of at least 4 members (excludes halogenated alkanes) is 1. The number of carbonyl (C=O) groups is 3. The first-order chi connectivity index (χ1) is 15.4. The van der Waals surface area contributed by atoms with Crippen LogP contribution >= 0.6 is 11.6 Å². The van der Waals surface area contributed by atoms with E-state index in [1.807, 2.05) is 6.92 Å². The number of imide groups is 1. The zero-order chi connectivity index (χ0) is 22.6. The topological polar surface area (TPSA) is 98.7 Å². The van der Waals surface area contributed by atoms with Crippen LogP contribution in [0, 0.1) is 11.8 Å². The summed E-state index contributed by atoms with van der Waals surface area (Å²) in [5.74, 6) is -2.23. The number of amides is 3. The molecule has 3 amide bonds. The summed E-state index contributed by atoms with van der Waals surface area (Å²) < 4.78 is 0. The van der Waals surface area contributed by atoms with E-state index >= 15 is 0 Å². The van der Waals surface area contributed by atoms with Crippen molar-refractivity contribution in [2.75, 3.05) is 11.9 Å². The second-order valence-electron chi connectivity index (χ2n) is 8.76. The summed E-state index contributed by atoms with van der Waals surface area (Å²) in [6.07, 6.45) is 2.01. The lowest BCUT2D eigenvalue weighted by molar-refractivity contribution is -0.142. The van der Waals surface area contributed by atoms with Gasteiger partial charge >= 0.3 is 0 Å². The molecule has 0 aromatic heterocycles. The van der Waals surface area contributed by atoms with Crippen LogP contribution in [0.4, 0.5) is 5.69 Å². The lowest BCUT2D eigenvalue weighted by Gasteiger charge is -2.29. The molecule has 2 aromatic rings. The molecule has 7 nitrogen and oxygen atoms in total. The Balaban J connectivity index is 1.61. The number of phenols is 1. The number of phenolic OH excluding ortho intramolecular Hbond substituents is 1. The molecule has 3 N–H and O–H groups in total. The highest BCUT2D eigenvalue weighted by Gasteiger charge is 2.70. The van der Waals surface area contributed by atoms with Gasteiger partial charge in [-0.2, -0.15) is 0 Å². The molecule has 1 spiro atoms. The number of halogens is 1. The van der Waals surface area contributed by atoms with Crippen molar-refractivity contribution in [3.63, 3.8) is 0 Å². The van der Waals surface area contributed by atoms with E-state index in [9.17, 15) is 19.5 Å². The first kappa shape index (κ1) is 21.0. The minimum Gasteiger partial charge on any atom is -0.508 e. The Kier molecular flexibility index (Phi) is 4.98. The normalized spacial score (nSPS) is 28.4. The number of aromatic hydroxyl groups is 1. The highest BCUT2D eigenvalue weighted by atomic mass is 35.5. The number of likely N-dealkylation sites (tertiary alicyclic amines) is 1. The van der Waals surface area contributed by atoms with Crippen LogP contribution in [0.3, 0.4) is 0 Å². The molecule has 0 saturated carbocycles. The lowest BCUT2D eigenvalue weighted by Crippen LogP contribution is -2.53. The Morgan fingerprint density at radius 3 is 2.56 bits per heavy atom. The highest BCUT2D eigenvalue weighted by Crippen LogP contribution is 2.53. The van der Waals surface area contributed by atoms with E-state index in [1.54, 1.807) is 42.5 Å². The molecule has 0 aliphatic carbocycles. The number of anilines is 1. The van der Waals surface area contributed by atoms with Crippen molar-refractivity contribution in [3.8, 4) is 5.75 Å². The average molecular weight is 454 g/mol. The fraction of sp³-hybridized carbons (Fsp3) is 0.375. The van der Waals surface area contributed by atoms with Crippen molar-refractivity contribution in [1.29, 1.82) is 0 Å². The quantitative estimate of drug-likeness (QED) is 0.605. The molecule has 3 aliphatic rings. The average Bonchev–Trinajstić information content (AvgIpc) is 3.34. The molecule has 2 unspecified atom stereocenters. The zero-order valence-electron chi connectivity index (χ0n) is 17.6. The predicted octanol–water partition coefficient (Wildman–Crippen LogP) is 2.81. The van der Waals surface area contributed by atoms with Crippen molar-refractivity contribution in [3.05, 3.63) is 58.6 Å². The molecule has 32 heavy (non-hydrogen) atoms. The number of carbonyl (C=O) groups excluding carboxylic acids is 3. The third kappa shape index (κ3) is 2.95. The van der Waals surface area contributed by atoms with Crippen LogP contribution in [0.15, 0.2) is 42.5 Å². The summed E-state index contributed by atoms with van der Waals surface area (Å²) in [7, 11) is 0. The van der Waals surface area contributed by atoms with Crippen molar-refractivity contribution in [2.45, 2.75) is 37.8 Å². The summed E-state index contributed by atoms with van der Waals surface area (Å²) >= 11 is 6.27. The van der Waals surface area contributed by atoms with Gasteiger partial charge in [0.1, 0.15) is 11.3 Å². The Morgan fingerprint density at radius 1 is 1.09 bits per heavy atom. The predicted molar refractivity (Wildman–Crippen MR) is 119 cm³/mol. The molecule has 4 atom stereocenters. The maximum absolute atomic E-state index is 13.6. The first-order valence-electron chi connectivity index (χ1n) is 10.9. The summed E-state index contributed by atoms with van der Waals surface area (Å²) in [5, 5.41) is 16.4. The molecule has 0 bridgehead atoms. The van der Waals surface area contributed by atoms with Gasteiger partial charge in [0, 0.05) is 28.9 Å². The van der Waals surface area contributed by atoms with Crippen LogP contribution in [0.1, 0.15) is 30.9 Å². The Morgan fingerprint density at radius 2 is 1.84 bits per heavy atom. The molecule has 2 fully saturated rings. The zero-order valence-corrected chi connectivity index (χ0v) is 18.4. The standard InChI is InChI=1S/C24H24ClN3O4/c1-2-3-10-28-21(30)19-18(11-13-4-7-15(29)8-5-13)27-24(20(19)22(28)31)16-12-14(25)6-9-17(16)26-23(24)32/h4-9,12,18-20,27,29H,2-3,10-11H2,1H3,(H,26,32)/t18?,19-,20+,24?/m1/s1. The number of hydrogen-bond donors (Lipinski definition) is 3. The molecule has 2 aromatic carbocycles. The largest absolute Gasteiger partial charge is 0.508 e. The summed E-state index contributed by atoms with van der Waals surface area (Å²) in [6, 6.07) is 11.4. The molecule has 3 aliphatic heterocycles. The number of nitrogens with zero attached hydrogens (tertiary/aromatic N) is 1. The molecule has 3 heterocycles. The first-order valence-corrected chi connectivity index (χ1v) is 11.3. The minimum atomic E-state index is -1.35. The fourth-order valence-corrected chi connectivity index (χ4v) is 5.60. The molecule has 5 rings (SSSR count). The van der Waals surface area contributed by atoms with Crippen molar-refractivity contribution >= 4 is 35.0 Å². The van der Waals surface area contributed by atoms with E-state index in [4.69, 9.17) is 11.6 Å². The number of nitrogens with one attached hydrogen (secondary N) is 2. The SMILES string of the molecule is CCCCN1C(=O)[C@@H]2C(Cc3ccc(O)cc3)NC3(C(=O)Nc4ccc(Cl)cc43)[C@@H]2C1=O. The summed E-state index contributed by atoms with van der Waals surface area (Å²) in [4.78, 5) is 41.7. The Labute approximate surface area is 190 Å². The molecule has 8 heteroatoms. The smallest absolute Gasteiger partial charge is 0.250 e. The van der Waals surface area contributed by atoms with Gasteiger partial charge in [-0.3, -0.25) is 24.6 Å². The van der Waals surface area contributed by atoms with Gasteiger partial charge in [0.15, 0.2) is 0 Å². The highest BCUT2D eigenvalue weighted by molar-refractivity contribution is 6.31. The fourth-order valence-electron chi connectivity index (χ4n) is 5.43. The third-order valence-electron chi connectivity index (χ3n) is 6.90. The van der Waals surface area contributed by atoms with Gasteiger partial charge < -0.3 is 10.4 Å². The number of benzene rings is 2. The van der Waals surface area contributed by atoms with E-state index in [0.29, 0.717) is 35.7 Å². The van der Waals surface area contributed by atoms with Gasteiger partial charge in [0.2, 0.25) is 17.7 Å². The third-order valence-corrected chi connectivity index (χ3v) is 7.13.